The molecule has 1 N–H and O–H groups in total. The standard InChI is InChI=1S/C16H16ClNO2/c1-12(17)16(19)18-14-7-9-15(10-8-14)20-11-13-5-3-2-4-6-13/h2-10,12H,11H2,1H3,(H,18,19)/t12-/m0/s1. The van der Waals surface area contributed by atoms with Gasteiger partial charge in [-0.05, 0) is 36.8 Å². The highest BCUT2D eigenvalue weighted by Crippen LogP contribution is 2.17. The van der Waals surface area contributed by atoms with Crippen LogP contribution in [0.5, 0.6) is 5.75 Å². The van der Waals surface area contributed by atoms with Crippen molar-refractivity contribution in [2.75, 3.05) is 5.32 Å². The van der Waals surface area contributed by atoms with Crippen molar-refractivity contribution in [1.29, 1.82) is 0 Å². The summed E-state index contributed by atoms with van der Waals surface area (Å²) in [5.41, 5.74) is 1.82. The average Bonchev–Trinajstić information content (AvgIpc) is 2.47. The van der Waals surface area contributed by atoms with Crippen molar-refractivity contribution in [1.82, 2.24) is 0 Å². The van der Waals surface area contributed by atoms with Gasteiger partial charge in [-0.25, -0.2) is 0 Å². The van der Waals surface area contributed by atoms with E-state index < -0.39 is 5.38 Å². The van der Waals surface area contributed by atoms with Gasteiger partial charge in [0.25, 0.3) is 0 Å². The summed E-state index contributed by atoms with van der Waals surface area (Å²) >= 11 is 5.69. The molecule has 1 atom stereocenters. The Morgan fingerprint density at radius 1 is 1.15 bits per heavy atom. The molecule has 0 radical (unpaired) electrons. The molecule has 0 heterocycles. The Labute approximate surface area is 123 Å². The van der Waals surface area contributed by atoms with E-state index in [1.807, 2.05) is 42.5 Å². The zero-order valence-corrected chi connectivity index (χ0v) is 11.9. The number of carbonyl (C=O) groups excluding carboxylic acids is 1. The number of alkyl halides is 1. The lowest BCUT2D eigenvalue weighted by Crippen LogP contribution is -2.20. The van der Waals surface area contributed by atoms with Crippen LogP contribution in [0.15, 0.2) is 54.6 Å². The quantitative estimate of drug-likeness (QED) is 0.850. The summed E-state index contributed by atoms with van der Waals surface area (Å²) < 4.78 is 5.66. The molecule has 0 aliphatic heterocycles. The normalized spacial score (nSPS) is 11.7. The molecule has 0 aliphatic rings. The fraction of sp³-hybridized carbons (Fsp3) is 0.188. The minimum absolute atomic E-state index is 0.218. The predicted molar refractivity (Wildman–Crippen MR) is 81.2 cm³/mol. The number of carbonyl (C=O) groups is 1. The van der Waals surface area contributed by atoms with Crippen LogP contribution in [0.25, 0.3) is 0 Å². The van der Waals surface area contributed by atoms with Gasteiger partial charge in [0, 0.05) is 5.69 Å². The van der Waals surface area contributed by atoms with Gasteiger partial charge >= 0.3 is 0 Å². The van der Waals surface area contributed by atoms with Gasteiger partial charge in [0.1, 0.15) is 17.7 Å². The van der Waals surface area contributed by atoms with E-state index in [4.69, 9.17) is 16.3 Å². The number of nitrogens with one attached hydrogen (secondary N) is 1. The number of benzene rings is 2. The second-order valence-corrected chi connectivity index (χ2v) is 5.06. The van der Waals surface area contributed by atoms with Crippen molar-refractivity contribution in [3.63, 3.8) is 0 Å². The van der Waals surface area contributed by atoms with Gasteiger partial charge in [-0.15, -0.1) is 11.6 Å². The van der Waals surface area contributed by atoms with Gasteiger partial charge in [0.15, 0.2) is 0 Å². The van der Waals surface area contributed by atoms with Gasteiger partial charge in [-0.1, -0.05) is 30.3 Å². The molecule has 0 spiro atoms. The van der Waals surface area contributed by atoms with Gasteiger partial charge in [0.2, 0.25) is 5.91 Å². The minimum atomic E-state index is -0.552. The maximum Gasteiger partial charge on any atom is 0.242 e. The molecule has 4 heteroatoms. The molecule has 20 heavy (non-hydrogen) atoms. The van der Waals surface area contributed by atoms with E-state index in [9.17, 15) is 4.79 Å². The second kappa shape index (κ2) is 6.96. The second-order valence-electron chi connectivity index (χ2n) is 4.40. The monoisotopic (exact) mass is 289 g/mol. The first-order valence-corrected chi connectivity index (χ1v) is 6.80. The smallest absolute Gasteiger partial charge is 0.242 e. The first kappa shape index (κ1) is 14.4. The number of hydrogen-bond donors (Lipinski definition) is 1. The number of anilines is 1. The maximum absolute atomic E-state index is 11.4. The van der Waals surface area contributed by atoms with E-state index in [1.165, 1.54) is 0 Å². The fourth-order valence-corrected chi connectivity index (χ4v) is 1.67. The molecule has 0 saturated heterocycles. The van der Waals surface area contributed by atoms with E-state index in [0.717, 1.165) is 11.3 Å². The fourth-order valence-electron chi connectivity index (χ4n) is 1.62. The third-order valence-electron chi connectivity index (χ3n) is 2.73. The summed E-state index contributed by atoms with van der Waals surface area (Å²) in [7, 11) is 0. The number of amides is 1. The van der Waals surface area contributed by atoms with Crippen LogP contribution in [-0.2, 0) is 11.4 Å². The van der Waals surface area contributed by atoms with Crippen LogP contribution in [0.4, 0.5) is 5.69 Å². The van der Waals surface area contributed by atoms with Crippen LogP contribution in [0, 0.1) is 0 Å². The Balaban J connectivity index is 1.90. The Hall–Kier alpha value is -2.00. The lowest BCUT2D eigenvalue weighted by atomic mass is 10.2. The Kier molecular flexibility index (Phi) is 5.02. The molecule has 0 fully saturated rings. The number of halogens is 1. The summed E-state index contributed by atoms with van der Waals surface area (Å²) in [6.45, 7) is 2.15. The average molecular weight is 290 g/mol. The third-order valence-corrected chi connectivity index (χ3v) is 2.93. The van der Waals surface area contributed by atoms with E-state index in [1.54, 1.807) is 19.1 Å². The van der Waals surface area contributed by atoms with Gasteiger partial charge in [-0.3, -0.25) is 4.79 Å². The maximum atomic E-state index is 11.4. The molecule has 0 bridgehead atoms. The molecule has 1 amide bonds. The SMILES string of the molecule is C[C@H](Cl)C(=O)Nc1ccc(OCc2ccccc2)cc1. The molecule has 0 aliphatic carbocycles. The third kappa shape index (κ3) is 4.28. The van der Waals surface area contributed by atoms with E-state index in [2.05, 4.69) is 5.32 Å². The van der Waals surface area contributed by atoms with Crippen LogP contribution < -0.4 is 10.1 Å². The summed E-state index contributed by atoms with van der Waals surface area (Å²) in [5, 5.41) is 2.16. The van der Waals surface area contributed by atoms with Crippen molar-refractivity contribution in [2.45, 2.75) is 18.9 Å². The predicted octanol–water partition coefficient (Wildman–Crippen LogP) is 3.83. The highest BCUT2D eigenvalue weighted by molar-refractivity contribution is 6.32. The van der Waals surface area contributed by atoms with Crippen LogP contribution >= 0.6 is 11.6 Å². The van der Waals surface area contributed by atoms with Crippen LogP contribution in [0.1, 0.15) is 12.5 Å². The molecular formula is C16H16ClNO2. The molecule has 2 rings (SSSR count). The minimum Gasteiger partial charge on any atom is -0.489 e. The molecule has 0 aromatic heterocycles. The van der Waals surface area contributed by atoms with E-state index in [-0.39, 0.29) is 5.91 Å². The Morgan fingerprint density at radius 2 is 1.80 bits per heavy atom. The first-order chi connectivity index (χ1) is 9.65. The highest BCUT2D eigenvalue weighted by Gasteiger charge is 2.08. The van der Waals surface area contributed by atoms with Crippen molar-refractivity contribution in [3.8, 4) is 5.75 Å². The van der Waals surface area contributed by atoms with Crippen molar-refractivity contribution in [3.05, 3.63) is 60.2 Å². The topological polar surface area (TPSA) is 38.3 Å². The van der Waals surface area contributed by atoms with Crippen LogP contribution in [-0.4, -0.2) is 11.3 Å². The molecule has 0 saturated carbocycles. The Bertz CT molecular complexity index is 552. The first-order valence-electron chi connectivity index (χ1n) is 6.37. The lowest BCUT2D eigenvalue weighted by molar-refractivity contribution is -0.115. The summed E-state index contributed by atoms with van der Waals surface area (Å²) in [5.74, 6) is 0.537. The highest BCUT2D eigenvalue weighted by atomic mass is 35.5. The van der Waals surface area contributed by atoms with Crippen molar-refractivity contribution in [2.24, 2.45) is 0 Å². The molecule has 0 unspecified atom stereocenters. The molecular weight excluding hydrogens is 274 g/mol. The molecule has 2 aromatic rings. The zero-order valence-electron chi connectivity index (χ0n) is 11.2. The summed E-state index contributed by atoms with van der Waals surface area (Å²) in [4.78, 5) is 11.4. The Morgan fingerprint density at radius 3 is 2.40 bits per heavy atom. The van der Waals surface area contributed by atoms with E-state index in [0.29, 0.717) is 12.3 Å². The summed E-state index contributed by atoms with van der Waals surface area (Å²) in [6.07, 6.45) is 0. The van der Waals surface area contributed by atoms with Gasteiger partial charge in [-0.2, -0.15) is 0 Å². The van der Waals surface area contributed by atoms with E-state index >= 15 is 0 Å². The number of ether oxygens (including phenoxy) is 1. The van der Waals surface area contributed by atoms with Crippen LogP contribution in [0.2, 0.25) is 0 Å². The number of hydrogen-bond acceptors (Lipinski definition) is 2. The molecule has 104 valence electrons. The zero-order chi connectivity index (χ0) is 14.4. The molecule has 3 nitrogen and oxygen atoms in total. The lowest BCUT2D eigenvalue weighted by Gasteiger charge is -2.09. The summed E-state index contributed by atoms with van der Waals surface area (Å²) in [6, 6.07) is 17.2. The largest absolute Gasteiger partial charge is 0.489 e. The van der Waals surface area contributed by atoms with Gasteiger partial charge in [0.05, 0.1) is 0 Å². The van der Waals surface area contributed by atoms with Crippen LogP contribution in [0.3, 0.4) is 0 Å². The van der Waals surface area contributed by atoms with Crippen molar-refractivity contribution < 1.29 is 9.53 Å². The number of rotatable bonds is 5. The van der Waals surface area contributed by atoms with Crippen molar-refractivity contribution >= 4 is 23.2 Å². The molecule has 2 aromatic carbocycles. The van der Waals surface area contributed by atoms with Gasteiger partial charge < -0.3 is 10.1 Å².